The van der Waals surface area contributed by atoms with E-state index in [4.69, 9.17) is 4.98 Å². The third-order valence-electron chi connectivity index (χ3n) is 4.41. The summed E-state index contributed by atoms with van der Waals surface area (Å²) in [6.45, 7) is 2.55. The second kappa shape index (κ2) is 6.84. The van der Waals surface area contributed by atoms with Crippen molar-refractivity contribution in [2.24, 2.45) is 0 Å². The molecule has 4 rings (SSSR count). The number of fused-ring (bicyclic) bond motifs is 1. The van der Waals surface area contributed by atoms with Crippen LogP contribution in [0.25, 0.3) is 16.8 Å². The molecule has 0 radical (unpaired) electrons. The minimum absolute atomic E-state index is 0.105. The lowest BCUT2D eigenvalue weighted by molar-refractivity contribution is 0.0983. The summed E-state index contributed by atoms with van der Waals surface area (Å²) in [5.74, 6) is -0.105. The van der Waals surface area contributed by atoms with Gasteiger partial charge in [-0.1, -0.05) is 48.5 Å². The number of hydrogen-bond donors (Lipinski definition) is 0. The summed E-state index contributed by atoms with van der Waals surface area (Å²) in [6, 6.07) is 23.6. The summed E-state index contributed by atoms with van der Waals surface area (Å²) in [4.78, 5) is 19.6. The summed E-state index contributed by atoms with van der Waals surface area (Å²) in [5, 5.41) is 0. The average Bonchev–Trinajstić information content (AvgIpc) is 3.18. The van der Waals surface area contributed by atoms with Gasteiger partial charge < -0.3 is 9.30 Å². The second-order valence-electron chi connectivity index (χ2n) is 6.03. The molecule has 4 heteroatoms. The zero-order valence-corrected chi connectivity index (χ0v) is 14.5. The molecule has 0 saturated carbocycles. The van der Waals surface area contributed by atoms with Gasteiger partial charge in [-0.15, -0.1) is 0 Å². The fourth-order valence-electron chi connectivity index (χ4n) is 3.15. The van der Waals surface area contributed by atoms with Crippen molar-refractivity contribution in [1.82, 2.24) is 9.38 Å². The molecule has 0 aliphatic carbocycles. The number of amides is 1. The molecule has 4 nitrogen and oxygen atoms in total. The van der Waals surface area contributed by atoms with Gasteiger partial charge in [0, 0.05) is 30.2 Å². The quantitative estimate of drug-likeness (QED) is 0.541. The van der Waals surface area contributed by atoms with Gasteiger partial charge in [0.15, 0.2) is 0 Å². The van der Waals surface area contributed by atoms with Crippen molar-refractivity contribution in [2.75, 3.05) is 11.4 Å². The van der Waals surface area contributed by atoms with Crippen LogP contribution in [0.5, 0.6) is 0 Å². The van der Waals surface area contributed by atoms with E-state index in [0.29, 0.717) is 12.2 Å². The zero-order chi connectivity index (χ0) is 17.9. The third-order valence-corrected chi connectivity index (χ3v) is 4.41. The number of benzene rings is 2. The Bertz CT molecular complexity index is 1040. The van der Waals surface area contributed by atoms with E-state index in [0.717, 1.165) is 22.5 Å². The third kappa shape index (κ3) is 2.86. The Hall–Kier alpha value is -3.40. The van der Waals surface area contributed by atoms with E-state index in [9.17, 15) is 4.79 Å². The highest BCUT2D eigenvalue weighted by molar-refractivity contribution is 6.05. The highest BCUT2D eigenvalue weighted by Crippen LogP contribution is 2.24. The number of anilines is 1. The molecule has 0 fully saturated rings. The molecule has 0 aliphatic heterocycles. The Morgan fingerprint density at radius 3 is 2.35 bits per heavy atom. The topological polar surface area (TPSA) is 37.6 Å². The maximum atomic E-state index is 13.2. The second-order valence-corrected chi connectivity index (χ2v) is 6.03. The van der Waals surface area contributed by atoms with Crippen molar-refractivity contribution >= 4 is 17.1 Å². The smallest absolute Gasteiger partial charge is 0.278 e. The lowest BCUT2D eigenvalue weighted by Gasteiger charge is -2.21. The SMILES string of the molecule is CCN(C(=O)c1cn2cccc2c(-c2ccccc2)n1)c1ccccc1. The molecule has 0 bridgehead atoms. The van der Waals surface area contributed by atoms with Crippen LogP contribution in [0.2, 0.25) is 0 Å². The van der Waals surface area contributed by atoms with E-state index in [-0.39, 0.29) is 5.91 Å². The number of nitrogens with zero attached hydrogens (tertiary/aromatic N) is 3. The summed E-state index contributed by atoms with van der Waals surface area (Å²) >= 11 is 0. The molecule has 0 unspecified atom stereocenters. The van der Waals surface area contributed by atoms with Crippen LogP contribution in [-0.4, -0.2) is 21.8 Å². The molecule has 0 saturated heterocycles. The molecule has 2 heterocycles. The molecular formula is C22H19N3O. The number of para-hydroxylation sites is 1. The summed E-state index contributed by atoms with van der Waals surface area (Å²) < 4.78 is 1.96. The first-order valence-electron chi connectivity index (χ1n) is 8.68. The largest absolute Gasteiger partial charge is 0.319 e. The average molecular weight is 341 g/mol. The Balaban J connectivity index is 1.83. The van der Waals surface area contributed by atoms with E-state index < -0.39 is 0 Å². The Morgan fingerprint density at radius 2 is 1.65 bits per heavy atom. The van der Waals surface area contributed by atoms with Crippen molar-refractivity contribution in [2.45, 2.75) is 6.92 Å². The number of aromatic nitrogens is 2. The van der Waals surface area contributed by atoms with Crippen molar-refractivity contribution in [3.8, 4) is 11.3 Å². The fourth-order valence-corrected chi connectivity index (χ4v) is 3.15. The highest BCUT2D eigenvalue weighted by atomic mass is 16.2. The number of rotatable bonds is 4. The van der Waals surface area contributed by atoms with Crippen LogP contribution in [0.3, 0.4) is 0 Å². The number of hydrogen-bond acceptors (Lipinski definition) is 2. The minimum Gasteiger partial charge on any atom is -0.319 e. The molecule has 0 aliphatic rings. The first-order chi connectivity index (χ1) is 12.8. The standard InChI is InChI=1S/C22H19N3O/c1-2-25(18-12-7-4-8-13-18)22(26)19-16-24-15-9-14-20(24)21(23-19)17-10-5-3-6-11-17/h3-16H,2H2,1H3. The maximum Gasteiger partial charge on any atom is 0.278 e. The number of carbonyl (C=O) groups is 1. The Kier molecular flexibility index (Phi) is 4.23. The lowest BCUT2D eigenvalue weighted by Crippen LogP contribution is -2.31. The number of carbonyl (C=O) groups excluding carboxylic acids is 1. The molecule has 128 valence electrons. The van der Waals surface area contributed by atoms with Crippen LogP contribution in [0.4, 0.5) is 5.69 Å². The summed E-state index contributed by atoms with van der Waals surface area (Å²) in [6.07, 6.45) is 3.74. The maximum absolute atomic E-state index is 13.2. The van der Waals surface area contributed by atoms with E-state index in [1.165, 1.54) is 0 Å². The van der Waals surface area contributed by atoms with E-state index in [1.807, 2.05) is 90.3 Å². The van der Waals surface area contributed by atoms with Crippen molar-refractivity contribution in [3.63, 3.8) is 0 Å². The van der Waals surface area contributed by atoms with E-state index in [2.05, 4.69) is 0 Å². The van der Waals surface area contributed by atoms with Gasteiger partial charge in [0.2, 0.25) is 0 Å². The normalized spacial score (nSPS) is 10.8. The summed E-state index contributed by atoms with van der Waals surface area (Å²) in [5.41, 5.74) is 4.09. The Morgan fingerprint density at radius 1 is 0.962 bits per heavy atom. The molecule has 1 amide bonds. The van der Waals surface area contributed by atoms with Crippen LogP contribution in [-0.2, 0) is 0 Å². The monoisotopic (exact) mass is 341 g/mol. The highest BCUT2D eigenvalue weighted by Gasteiger charge is 2.20. The molecular weight excluding hydrogens is 322 g/mol. The van der Waals surface area contributed by atoms with E-state index >= 15 is 0 Å². The van der Waals surface area contributed by atoms with Gasteiger partial charge in [-0.3, -0.25) is 4.79 Å². The van der Waals surface area contributed by atoms with Crippen LogP contribution in [0, 0.1) is 0 Å². The first-order valence-corrected chi connectivity index (χ1v) is 8.68. The minimum atomic E-state index is -0.105. The molecule has 0 spiro atoms. The predicted octanol–water partition coefficient (Wildman–Crippen LogP) is 4.67. The van der Waals surface area contributed by atoms with Crippen molar-refractivity contribution < 1.29 is 4.79 Å². The van der Waals surface area contributed by atoms with Crippen LogP contribution >= 0.6 is 0 Å². The van der Waals surface area contributed by atoms with Crippen LogP contribution in [0.1, 0.15) is 17.4 Å². The van der Waals surface area contributed by atoms with Gasteiger partial charge in [-0.05, 0) is 31.2 Å². The first kappa shape index (κ1) is 16.1. The van der Waals surface area contributed by atoms with E-state index in [1.54, 1.807) is 11.1 Å². The van der Waals surface area contributed by atoms with Gasteiger partial charge in [0.05, 0.1) is 11.2 Å². The molecule has 26 heavy (non-hydrogen) atoms. The summed E-state index contributed by atoms with van der Waals surface area (Å²) in [7, 11) is 0. The van der Waals surface area contributed by atoms with Crippen molar-refractivity contribution in [3.05, 3.63) is 90.9 Å². The fraction of sp³-hybridized carbons (Fsp3) is 0.0909. The Labute approximate surface area is 152 Å². The van der Waals surface area contributed by atoms with Crippen LogP contribution < -0.4 is 4.90 Å². The van der Waals surface area contributed by atoms with Gasteiger partial charge in [0.25, 0.3) is 5.91 Å². The van der Waals surface area contributed by atoms with Gasteiger partial charge in [0.1, 0.15) is 5.69 Å². The molecule has 4 aromatic rings. The van der Waals surface area contributed by atoms with Crippen molar-refractivity contribution in [1.29, 1.82) is 0 Å². The van der Waals surface area contributed by atoms with Crippen LogP contribution in [0.15, 0.2) is 85.2 Å². The van der Waals surface area contributed by atoms with Gasteiger partial charge >= 0.3 is 0 Å². The van der Waals surface area contributed by atoms with Gasteiger partial charge in [-0.25, -0.2) is 4.98 Å². The predicted molar refractivity (Wildman–Crippen MR) is 104 cm³/mol. The van der Waals surface area contributed by atoms with Gasteiger partial charge in [-0.2, -0.15) is 0 Å². The zero-order valence-electron chi connectivity index (χ0n) is 14.5. The lowest BCUT2D eigenvalue weighted by atomic mass is 10.1. The molecule has 2 aromatic carbocycles. The molecule has 0 atom stereocenters. The molecule has 0 N–H and O–H groups in total. The molecule has 2 aromatic heterocycles.